The van der Waals surface area contributed by atoms with Crippen molar-refractivity contribution >= 4 is 23.0 Å². The fraction of sp³-hybridized carbons (Fsp3) is 0.375. The van der Waals surface area contributed by atoms with E-state index in [0.717, 1.165) is 11.3 Å². The van der Waals surface area contributed by atoms with Crippen LogP contribution in [-0.2, 0) is 4.74 Å². The standard InChI is InChI=1S/C16H23N5O/c1-10-5-6-11(2)13(7-10)21-16-14(17)15(18-9-19-16)20-12(3)8-22-4/h5-7,9,12H,8,17H2,1-4H3,(H2,18,19,20,21). The van der Waals surface area contributed by atoms with Gasteiger partial charge in [0.2, 0.25) is 0 Å². The Bertz CT molecular complexity index is 644. The minimum absolute atomic E-state index is 0.107. The Balaban J connectivity index is 2.23. The van der Waals surface area contributed by atoms with Crippen molar-refractivity contribution in [2.24, 2.45) is 0 Å². The van der Waals surface area contributed by atoms with Gasteiger partial charge >= 0.3 is 0 Å². The van der Waals surface area contributed by atoms with E-state index in [9.17, 15) is 0 Å². The summed E-state index contributed by atoms with van der Waals surface area (Å²) in [6.45, 7) is 6.67. The number of nitrogens with one attached hydrogen (secondary N) is 2. The van der Waals surface area contributed by atoms with Crippen LogP contribution in [0.2, 0.25) is 0 Å². The zero-order valence-corrected chi connectivity index (χ0v) is 13.5. The monoisotopic (exact) mass is 301 g/mol. The van der Waals surface area contributed by atoms with Crippen LogP contribution >= 0.6 is 0 Å². The van der Waals surface area contributed by atoms with E-state index in [1.54, 1.807) is 7.11 Å². The van der Waals surface area contributed by atoms with Crippen molar-refractivity contribution in [1.29, 1.82) is 0 Å². The van der Waals surface area contributed by atoms with Gasteiger partial charge in [-0.25, -0.2) is 9.97 Å². The van der Waals surface area contributed by atoms with Crippen molar-refractivity contribution in [2.45, 2.75) is 26.8 Å². The highest BCUT2D eigenvalue weighted by Gasteiger charge is 2.11. The van der Waals surface area contributed by atoms with Gasteiger partial charge in [0, 0.05) is 18.8 Å². The number of hydrogen-bond acceptors (Lipinski definition) is 6. The number of nitrogen functional groups attached to an aromatic ring is 1. The van der Waals surface area contributed by atoms with E-state index in [2.05, 4.69) is 38.8 Å². The van der Waals surface area contributed by atoms with Crippen molar-refractivity contribution in [3.8, 4) is 0 Å². The Morgan fingerprint density at radius 1 is 1.23 bits per heavy atom. The minimum atomic E-state index is 0.107. The molecule has 1 aromatic heterocycles. The molecule has 118 valence electrons. The molecule has 0 saturated heterocycles. The molecule has 1 atom stereocenters. The van der Waals surface area contributed by atoms with Crippen LogP contribution in [0, 0.1) is 13.8 Å². The first-order valence-electron chi connectivity index (χ1n) is 7.21. The molecule has 2 rings (SSSR count). The number of ether oxygens (including phenoxy) is 1. The number of methoxy groups -OCH3 is 1. The highest BCUT2D eigenvalue weighted by molar-refractivity contribution is 5.78. The molecule has 0 bridgehead atoms. The molecule has 0 spiro atoms. The molecule has 0 radical (unpaired) electrons. The number of anilines is 4. The fourth-order valence-electron chi connectivity index (χ4n) is 2.13. The van der Waals surface area contributed by atoms with E-state index in [4.69, 9.17) is 10.5 Å². The van der Waals surface area contributed by atoms with Gasteiger partial charge in [-0.1, -0.05) is 12.1 Å². The average Bonchev–Trinajstić information content (AvgIpc) is 2.47. The molecule has 0 saturated carbocycles. The summed E-state index contributed by atoms with van der Waals surface area (Å²) < 4.78 is 5.11. The first kappa shape index (κ1) is 16.0. The largest absolute Gasteiger partial charge is 0.393 e. The smallest absolute Gasteiger partial charge is 0.159 e. The van der Waals surface area contributed by atoms with Crippen LogP contribution in [0.25, 0.3) is 0 Å². The van der Waals surface area contributed by atoms with Gasteiger partial charge in [-0.15, -0.1) is 0 Å². The van der Waals surface area contributed by atoms with Gasteiger partial charge in [0.15, 0.2) is 11.6 Å². The van der Waals surface area contributed by atoms with Gasteiger partial charge in [-0.05, 0) is 38.0 Å². The Labute approximate surface area is 131 Å². The zero-order chi connectivity index (χ0) is 16.1. The number of nitrogens with zero attached hydrogens (tertiary/aromatic N) is 2. The normalized spacial score (nSPS) is 12.0. The Morgan fingerprint density at radius 3 is 2.68 bits per heavy atom. The summed E-state index contributed by atoms with van der Waals surface area (Å²) in [5, 5.41) is 6.50. The van der Waals surface area contributed by atoms with E-state index in [-0.39, 0.29) is 6.04 Å². The quantitative estimate of drug-likeness (QED) is 0.760. The Hall–Kier alpha value is -2.34. The summed E-state index contributed by atoms with van der Waals surface area (Å²) in [6, 6.07) is 6.31. The SMILES string of the molecule is COCC(C)Nc1ncnc(Nc2cc(C)ccc2C)c1N. The van der Waals surface area contributed by atoms with Crippen LogP contribution in [0.5, 0.6) is 0 Å². The molecule has 22 heavy (non-hydrogen) atoms. The first-order chi connectivity index (χ1) is 10.5. The number of nitrogens with two attached hydrogens (primary N) is 1. The molecule has 4 N–H and O–H groups in total. The Morgan fingerprint density at radius 2 is 1.95 bits per heavy atom. The van der Waals surface area contributed by atoms with Crippen molar-refractivity contribution in [2.75, 3.05) is 30.1 Å². The summed E-state index contributed by atoms with van der Waals surface area (Å²) in [4.78, 5) is 8.44. The second kappa shape index (κ2) is 7.09. The molecule has 0 fully saturated rings. The summed E-state index contributed by atoms with van der Waals surface area (Å²) in [7, 11) is 1.66. The van der Waals surface area contributed by atoms with Gasteiger partial charge in [0.25, 0.3) is 0 Å². The number of benzene rings is 1. The average molecular weight is 301 g/mol. The van der Waals surface area contributed by atoms with Crippen molar-refractivity contribution in [3.05, 3.63) is 35.7 Å². The maximum absolute atomic E-state index is 6.17. The summed E-state index contributed by atoms with van der Waals surface area (Å²) in [6.07, 6.45) is 1.49. The van der Waals surface area contributed by atoms with Gasteiger partial charge < -0.3 is 21.1 Å². The van der Waals surface area contributed by atoms with Gasteiger partial charge in [0.1, 0.15) is 12.0 Å². The third kappa shape index (κ3) is 3.85. The lowest BCUT2D eigenvalue weighted by Crippen LogP contribution is -2.22. The highest BCUT2D eigenvalue weighted by atomic mass is 16.5. The van der Waals surface area contributed by atoms with Crippen LogP contribution < -0.4 is 16.4 Å². The van der Waals surface area contributed by atoms with Crippen LogP contribution in [0.3, 0.4) is 0 Å². The van der Waals surface area contributed by atoms with Crippen LogP contribution in [0.4, 0.5) is 23.0 Å². The third-order valence-corrected chi connectivity index (χ3v) is 3.33. The highest BCUT2D eigenvalue weighted by Crippen LogP contribution is 2.28. The van der Waals surface area contributed by atoms with E-state index in [1.165, 1.54) is 11.9 Å². The van der Waals surface area contributed by atoms with Gasteiger partial charge in [0.05, 0.1) is 6.61 Å². The summed E-state index contributed by atoms with van der Waals surface area (Å²) in [5.41, 5.74) is 9.96. The molecule has 6 nitrogen and oxygen atoms in total. The van der Waals surface area contributed by atoms with Crippen LogP contribution in [0.1, 0.15) is 18.1 Å². The number of aromatic nitrogens is 2. The second-order valence-electron chi connectivity index (χ2n) is 5.43. The van der Waals surface area contributed by atoms with Crippen molar-refractivity contribution < 1.29 is 4.74 Å². The first-order valence-corrected chi connectivity index (χ1v) is 7.21. The van der Waals surface area contributed by atoms with E-state index in [1.807, 2.05) is 20.8 Å². The van der Waals surface area contributed by atoms with E-state index in [0.29, 0.717) is 23.9 Å². The molecule has 0 aliphatic rings. The molecule has 1 aromatic carbocycles. The molecule has 0 amide bonds. The molecular formula is C16H23N5O. The van der Waals surface area contributed by atoms with E-state index < -0.39 is 0 Å². The number of aryl methyl sites for hydroxylation is 2. The predicted molar refractivity (Wildman–Crippen MR) is 90.6 cm³/mol. The summed E-state index contributed by atoms with van der Waals surface area (Å²) in [5.74, 6) is 1.20. The number of rotatable bonds is 6. The molecule has 0 aliphatic heterocycles. The maximum Gasteiger partial charge on any atom is 0.159 e. The minimum Gasteiger partial charge on any atom is -0.393 e. The molecular weight excluding hydrogens is 278 g/mol. The maximum atomic E-state index is 6.17. The van der Waals surface area contributed by atoms with Gasteiger partial charge in [-0.3, -0.25) is 0 Å². The number of hydrogen-bond donors (Lipinski definition) is 3. The van der Waals surface area contributed by atoms with Crippen LogP contribution in [-0.4, -0.2) is 29.7 Å². The molecule has 6 heteroatoms. The van der Waals surface area contributed by atoms with E-state index >= 15 is 0 Å². The molecule has 2 aromatic rings. The molecule has 1 unspecified atom stereocenters. The predicted octanol–water partition coefficient (Wildman–Crippen LogP) is 2.87. The van der Waals surface area contributed by atoms with Crippen LogP contribution in [0.15, 0.2) is 24.5 Å². The molecule has 0 aliphatic carbocycles. The van der Waals surface area contributed by atoms with Crippen molar-refractivity contribution in [3.63, 3.8) is 0 Å². The lowest BCUT2D eigenvalue weighted by molar-refractivity contribution is 0.190. The zero-order valence-electron chi connectivity index (χ0n) is 13.5. The molecule has 1 heterocycles. The second-order valence-corrected chi connectivity index (χ2v) is 5.43. The third-order valence-electron chi connectivity index (χ3n) is 3.33. The van der Waals surface area contributed by atoms with Crippen molar-refractivity contribution in [1.82, 2.24) is 9.97 Å². The lowest BCUT2D eigenvalue weighted by Gasteiger charge is -2.17. The van der Waals surface area contributed by atoms with Gasteiger partial charge in [-0.2, -0.15) is 0 Å². The lowest BCUT2D eigenvalue weighted by atomic mass is 10.1. The fourth-order valence-corrected chi connectivity index (χ4v) is 2.13. The summed E-state index contributed by atoms with van der Waals surface area (Å²) >= 11 is 0. The topological polar surface area (TPSA) is 85.1 Å². The Kier molecular flexibility index (Phi) is 5.16.